The van der Waals surface area contributed by atoms with Gasteiger partial charge in [-0.25, -0.2) is 4.98 Å². The minimum atomic E-state index is -0.190. The van der Waals surface area contributed by atoms with Gasteiger partial charge in [0.05, 0.1) is 10.2 Å². The van der Waals surface area contributed by atoms with Gasteiger partial charge in [-0.1, -0.05) is 11.3 Å². The molecule has 20 heavy (non-hydrogen) atoms. The van der Waals surface area contributed by atoms with Crippen molar-refractivity contribution in [2.24, 2.45) is 0 Å². The smallest absolute Gasteiger partial charge is 0.222 e. The van der Waals surface area contributed by atoms with Crippen molar-refractivity contribution < 1.29 is 4.79 Å². The molecule has 6 heteroatoms. The summed E-state index contributed by atoms with van der Waals surface area (Å²) in [6, 6.07) is 5.64. The van der Waals surface area contributed by atoms with Gasteiger partial charge in [0.1, 0.15) is 0 Å². The first-order chi connectivity index (χ1) is 9.33. The fourth-order valence-electron chi connectivity index (χ4n) is 1.78. The van der Waals surface area contributed by atoms with Crippen LogP contribution >= 0.6 is 11.3 Å². The number of nitrogens with one attached hydrogen (secondary N) is 2. The first kappa shape index (κ1) is 14.6. The fraction of sp³-hybridized carbons (Fsp3) is 0.429. The Labute approximate surface area is 122 Å². The summed E-state index contributed by atoms with van der Waals surface area (Å²) < 4.78 is 1.05. The average Bonchev–Trinajstić information content (AvgIpc) is 2.68. The van der Waals surface area contributed by atoms with E-state index in [0.717, 1.165) is 21.0 Å². The third-order valence-electron chi connectivity index (χ3n) is 2.56. The molecule has 1 amide bonds. The molecule has 108 valence electrons. The number of nitrogens with zero attached hydrogens (tertiary/aromatic N) is 1. The minimum Gasteiger partial charge on any atom is -0.399 e. The van der Waals surface area contributed by atoms with Gasteiger partial charge < -0.3 is 16.4 Å². The number of hydrogen-bond donors (Lipinski definition) is 3. The highest BCUT2D eigenvalue weighted by Gasteiger charge is 2.13. The Hall–Kier alpha value is -1.82. The second-order valence-corrected chi connectivity index (χ2v) is 6.75. The van der Waals surface area contributed by atoms with E-state index in [-0.39, 0.29) is 11.4 Å². The van der Waals surface area contributed by atoms with E-state index in [1.54, 1.807) is 11.3 Å². The summed E-state index contributed by atoms with van der Waals surface area (Å²) in [6.07, 6.45) is 0.426. The molecule has 0 aliphatic heterocycles. The monoisotopic (exact) mass is 292 g/mol. The van der Waals surface area contributed by atoms with Crippen LogP contribution in [0.1, 0.15) is 27.2 Å². The summed E-state index contributed by atoms with van der Waals surface area (Å²) in [4.78, 5) is 16.1. The highest BCUT2D eigenvalue weighted by Crippen LogP contribution is 2.27. The highest BCUT2D eigenvalue weighted by molar-refractivity contribution is 7.22. The predicted molar refractivity (Wildman–Crippen MR) is 85.0 cm³/mol. The lowest BCUT2D eigenvalue weighted by Crippen LogP contribution is -2.41. The molecule has 0 bridgehead atoms. The molecule has 5 nitrogen and oxygen atoms in total. The lowest BCUT2D eigenvalue weighted by atomic mass is 10.1. The van der Waals surface area contributed by atoms with Crippen molar-refractivity contribution in [1.29, 1.82) is 0 Å². The van der Waals surface area contributed by atoms with E-state index in [1.165, 1.54) is 0 Å². The Morgan fingerprint density at radius 1 is 1.40 bits per heavy atom. The molecule has 1 aromatic heterocycles. The van der Waals surface area contributed by atoms with Crippen molar-refractivity contribution in [2.75, 3.05) is 17.6 Å². The van der Waals surface area contributed by atoms with Crippen molar-refractivity contribution in [3.63, 3.8) is 0 Å². The lowest BCUT2D eigenvalue weighted by molar-refractivity contribution is -0.122. The number of rotatable bonds is 4. The van der Waals surface area contributed by atoms with Gasteiger partial charge in [-0.2, -0.15) is 0 Å². The quantitative estimate of drug-likeness (QED) is 0.757. The largest absolute Gasteiger partial charge is 0.399 e. The number of nitrogen functional groups attached to an aromatic ring is 1. The first-order valence-corrected chi connectivity index (χ1v) is 7.36. The molecular formula is C14H20N4OS. The van der Waals surface area contributed by atoms with Crippen LogP contribution in [0.25, 0.3) is 10.2 Å². The van der Waals surface area contributed by atoms with Gasteiger partial charge in [0.2, 0.25) is 5.91 Å². The normalized spacial score (nSPS) is 11.6. The van der Waals surface area contributed by atoms with E-state index >= 15 is 0 Å². The van der Waals surface area contributed by atoms with Gasteiger partial charge in [0.25, 0.3) is 0 Å². The summed E-state index contributed by atoms with van der Waals surface area (Å²) in [5.74, 6) is 0.0374. The maximum absolute atomic E-state index is 11.7. The van der Waals surface area contributed by atoms with Crippen LogP contribution in [-0.2, 0) is 4.79 Å². The molecule has 0 radical (unpaired) electrons. The van der Waals surface area contributed by atoms with E-state index in [1.807, 2.05) is 39.0 Å². The van der Waals surface area contributed by atoms with Gasteiger partial charge in [-0.05, 0) is 39.0 Å². The molecular weight excluding hydrogens is 272 g/mol. The van der Waals surface area contributed by atoms with Crippen LogP contribution in [0.5, 0.6) is 0 Å². The van der Waals surface area contributed by atoms with Crippen molar-refractivity contribution >= 4 is 38.3 Å². The van der Waals surface area contributed by atoms with E-state index in [0.29, 0.717) is 13.0 Å². The van der Waals surface area contributed by atoms with Crippen LogP contribution in [0.2, 0.25) is 0 Å². The predicted octanol–water partition coefficient (Wildman–Crippen LogP) is 2.60. The molecule has 0 saturated heterocycles. The summed E-state index contributed by atoms with van der Waals surface area (Å²) in [7, 11) is 0. The van der Waals surface area contributed by atoms with Crippen LogP contribution in [0.3, 0.4) is 0 Å². The second kappa shape index (κ2) is 5.66. The Morgan fingerprint density at radius 3 is 2.85 bits per heavy atom. The van der Waals surface area contributed by atoms with Gasteiger partial charge in [0, 0.05) is 24.2 Å². The number of aromatic nitrogens is 1. The van der Waals surface area contributed by atoms with Crippen molar-refractivity contribution in [1.82, 2.24) is 10.3 Å². The molecule has 2 aromatic rings. The lowest BCUT2D eigenvalue weighted by Gasteiger charge is -2.20. The third-order valence-corrected chi connectivity index (χ3v) is 3.53. The van der Waals surface area contributed by atoms with Gasteiger partial charge in [0.15, 0.2) is 5.13 Å². The Bertz CT molecular complexity index is 615. The molecule has 0 atom stereocenters. The van der Waals surface area contributed by atoms with E-state index in [4.69, 9.17) is 5.73 Å². The number of anilines is 2. The number of carbonyl (C=O) groups excluding carboxylic acids is 1. The van der Waals surface area contributed by atoms with Crippen molar-refractivity contribution in [3.05, 3.63) is 18.2 Å². The van der Waals surface area contributed by atoms with E-state index in [2.05, 4.69) is 15.6 Å². The molecule has 0 spiro atoms. The fourth-order valence-corrected chi connectivity index (χ4v) is 2.72. The molecule has 1 aromatic carbocycles. The van der Waals surface area contributed by atoms with E-state index < -0.39 is 0 Å². The topological polar surface area (TPSA) is 80.0 Å². The van der Waals surface area contributed by atoms with Crippen LogP contribution < -0.4 is 16.4 Å². The summed E-state index contributed by atoms with van der Waals surface area (Å²) in [5.41, 5.74) is 7.20. The highest BCUT2D eigenvalue weighted by atomic mass is 32.1. The number of amides is 1. The standard InChI is InChI=1S/C14H20N4OS/c1-14(2,3)18-12(19)6-7-16-13-17-10-5-4-9(15)8-11(10)20-13/h4-5,8H,6-7,15H2,1-3H3,(H,16,17)(H,18,19). The summed E-state index contributed by atoms with van der Waals surface area (Å²) in [5, 5.41) is 6.92. The van der Waals surface area contributed by atoms with E-state index in [9.17, 15) is 4.79 Å². The van der Waals surface area contributed by atoms with Crippen LogP contribution in [-0.4, -0.2) is 23.0 Å². The van der Waals surface area contributed by atoms with Crippen LogP contribution in [0, 0.1) is 0 Å². The number of carbonyl (C=O) groups is 1. The number of nitrogens with two attached hydrogens (primary N) is 1. The molecule has 0 unspecified atom stereocenters. The molecule has 0 saturated carbocycles. The van der Waals surface area contributed by atoms with Crippen LogP contribution in [0.15, 0.2) is 18.2 Å². The number of benzene rings is 1. The second-order valence-electron chi connectivity index (χ2n) is 5.72. The molecule has 0 aliphatic carbocycles. The van der Waals surface area contributed by atoms with Gasteiger partial charge >= 0.3 is 0 Å². The Balaban J connectivity index is 1.88. The Morgan fingerprint density at radius 2 is 2.15 bits per heavy atom. The molecule has 0 aliphatic rings. The number of fused-ring (bicyclic) bond motifs is 1. The van der Waals surface area contributed by atoms with Crippen molar-refractivity contribution in [3.8, 4) is 0 Å². The maximum atomic E-state index is 11.7. The summed E-state index contributed by atoms with van der Waals surface area (Å²) in [6.45, 7) is 6.47. The number of hydrogen-bond acceptors (Lipinski definition) is 5. The summed E-state index contributed by atoms with van der Waals surface area (Å²) >= 11 is 1.54. The van der Waals surface area contributed by atoms with Gasteiger partial charge in [-0.3, -0.25) is 4.79 Å². The average molecular weight is 292 g/mol. The van der Waals surface area contributed by atoms with Gasteiger partial charge in [-0.15, -0.1) is 0 Å². The zero-order valence-electron chi connectivity index (χ0n) is 12.0. The van der Waals surface area contributed by atoms with Crippen LogP contribution in [0.4, 0.5) is 10.8 Å². The Kier molecular flexibility index (Phi) is 4.13. The number of thiazole rings is 1. The molecule has 0 fully saturated rings. The zero-order chi connectivity index (χ0) is 14.8. The van der Waals surface area contributed by atoms with Crippen molar-refractivity contribution in [2.45, 2.75) is 32.7 Å². The zero-order valence-corrected chi connectivity index (χ0v) is 12.8. The maximum Gasteiger partial charge on any atom is 0.222 e. The molecule has 1 heterocycles. The first-order valence-electron chi connectivity index (χ1n) is 6.54. The third kappa shape index (κ3) is 4.09. The SMILES string of the molecule is CC(C)(C)NC(=O)CCNc1nc2ccc(N)cc2s1. The molecule has 4 N–H and O–H groups in total. The molecule has 2 rings (SSSR count). The minimum absolute atomic E-state index is 0.0374.